The van der Waals surface area contributed by atoms with Gasteiger partial charge in [0.2, 0.25) is 0 Å². The van der Waals surface area contributed by atoms with Gasteiger partial charge in [-0.15, -0.1) is 0 Å². The van der Waals surface area contributed by atoms with E-state index in [2.05, 4.69) is 45.9 Å². The lowest BCUT2D eigenvalue weighted by atomic mass is 9.61. The lowest BCUT2D eigenvalue weighted by Crippen LogP contribution is -2.41. The van der Waals surface area contributed by atoms with E-state index in [1.807, 2.05) is 0 Å². The van der Waals surface area contributed by atoms with Crippen molar-refractivity contribution in [3.8, 4) is 0 Å². The first kappa shape index (κ1) is 14.4. The van der Waals surface area contributed by atoms with Gasteiger partial charge in [-0.2, -0.15) is 0 Å². The molecule has 2 bridgehead atoms. The fourth-order valence-electron chi connectivity index (χ4n) is 6.56. The van der Waals surface area contributed by atoms with Crippen molar-refractivity contribution in [1.82, 2.24) is 0 Å². The van der Waals surface area contributed by atoms with Gasteiger partial charge in [0.1, 0.15) is 0 Å². The summed E-state index contributed by atoms with van der Waals surface area (Å²) in [6.07, 6.45) is 5.87. The third kappa shape index (κ3) is 1.53. The van der Waals surface area contributed by atoms with Crippen molar-refractivity contribution in [3.05, 3.63) is 29.3 Å². The van der Waals surface area contributed by atoms with Crippen LogP contribution in [0.5, 0.6) is 0 Å². The number of fused-ring (bicyclic) bond motifs is 4. The highest BCUT2D eigenvalue weighted by molar-refractivity contribution is 6.62. The molecule has 3 heteroatoms. The molecule has 0 amide bonds. The van der Waals surface area contributed by atoms with Crippen LogP contribution in [0.2, 0.25) is 0 Å². The highest BCUT2D eigenvalue weighted by atomic mass is 16.7. The van der Waals surface area contributed by atoms with Crippen LogP contribution in [-0.2, 0) is 9.31 Å². The zero-order valence-corrected chi connectivity index (χ0v) is 15.3. The molecule has 126 valence electrons. The standard InChI is InChI=1S/C21H27BO2/c1-19(2)20(3,4)24-22(23-19)14-5-6-15-12-7-13-10-21(17(13)8-12)11-18(21)16(15)9-14/h5-6,9,12-13,17-18H,7-8,10-11H2,1-4H3. The highest BCUT2D eigenvalue weighted by Crippen LogP contribution is 2.81. The summed E-state index contributed by atoms with van der Waals surface area (Å²) in [6.45, 7) is 8.55. The topological polar surface area (TPSA) is 18.5 Å². The van der Waals surface area contributed by atoms with Crippen molar-refractivity contribution in [2.45, 2.75) is 76.4 Å². The molecule has 1 aromatic rings. The average molecular weight is 322 g/mol. The molecule has 1 heterocycles. The predicted molar refractivity (Wildman–Crippen MR) is 95.5 cm³/mol. The molecule has 1 saturated heterocycles. The molecule has 3 saturated carbocycles. The van der Waals surface area contributed by atoms with Crippen molar-refractivity contribution in [1.29, 1.82) is 0 Å². The fraction of sp³-hybridized carbons (Fsp3) is 0.714. The first-order valence-corrected chi connectivity index (χ1v) is 9.80. The van der Waals surface area contributed by atoms with Gasteiger partial charge in [-0.05, 0) is 99.1 Å². The van der Waals surface area contributed by atoms with E-state index in [1.165, 1.54) is 31.1 Å². The Kier molecular flexibility index (Phi) is 2.37. The largest absolute Gasteiger partial charge is 0.494 e. The molecule has 0 radical (unpaired) electrons. The van der Waals surface area contributed by atoms with Gasteiger partial charge >= 0.3 is 7.12 Å². The molecule has 4 aliphatic carbocycles. The van der Waals surface area contributed by atoms with Crippen molar-refractivity contribution in [2.24, 2.45) is 17.3 Å². The van der Waals surface area contributed by atoms with Crippen molar-refractivity contribution >= 4 is 12.6 Å². The van der Waals surface area contributed by atoms with Crippen LogP contribution in [0.4, 0.5) is 0 Å². The zero-order chi connectivity index (χ0) is 16.5. The second kappa shape index (κ2) is 3.96. The van der Waals surface area contributed by atoms with E-state index in [9.17, 15) is 0 Å². The van der Waals surface area contributed by atoms with E-state index in [1.54, 1.807) is 11.1 Å². The lowest BCUT2D eigenvalue weighted by molar-refractivity contribution is 0.00578. The Bertz CT molecular complexity index is 738. The van der Waals surface area contributed by atoms with E-state index in [-0.39, 0.29) is 18.3 Å². The summed E-state index contributed by atoms with van der Waals surface area (Å²) in [7, 11) is -0.218. The minimum absolute atomic E-state index is 0.218. The normalized spacial score (nSPS) is 45.2. The van der Waals surface area contributed by atoms with Gasteiger partial charge in [0, 0.05) is 0 Å². The van der Waals surface area contributed by atoms with E-state index in [0.29, 0.717) is 5.41 Å². The van der Waals surface area contributed by atoms with Gasteiger partial charge in [0.25, 0.3) is 0 Å². The van der Waals surface area contributed by atoms with Crippen LogP contribution in [0.1, 0.15) is 76.3 Å². The number of hydrogen-bond acceptors (Lipinski definition) is 2. The summed E-state index contributed by atoms with van der Waals surface area (Å²) in [4.78, 5) is 0. The minimum atomic E-state index is -0.258. The van der Waals surface area contributed by atoms with Crippen molar-refractivity contribution in [3.63, 3.8) is 0 Å². The molecule has 5 atom stereocenters. The van der Waals surface area contributed by atoms with Gasteiger partial charge in [-0.3, -0.25) is 0 Å². The number of benzene rings is 1. The van der Waals surface area contributed by atoms with Gasteiger partial charge in [-0.1, -0.05) is 18.2 Å². The van der Waals surface area contributed by atoms with Crippen LogP contribution in [0, 0.1) is 17.3 Å². The second-order valence-corrected chi connectivity index (χ2v) is 10.2. The van der Waals surface area contributed by atoms with Crippen LogP contribution in [0.15, 0.2) is 18.2 Å². The lowest BCUT2D eigenvalue weighted by Gasteiger charge is -2.43. The molecule has 1 aromatic carbocycles. The molecule has 5 aliphatic rings. The Morgan fingerprint density at radius 3 is 2.46 bits per heavy atom. The van der Waals surface area contributed by atoms with Crippen LogP contribution in [-0.4, -0.2) is 18.3 Å². The SMILES string of the molecule is CC1(C)OB(c2ccc3c(c2)C2CC24CC2CC3CC24)OC1(C)C. The van der Waals surface area contributed by atoms with Crippen molar-refractivity contribution in [2.75, 3.05) is 0 Å². The maximum absolute atomic E-state index is 6.30. The van der Waals surface area contributed by atoms with Crippen LogP contribution in [0.25, 0.3) is 0 Å². The number of hydrogen-bond donors (Lipinski definition) is 0. The highest BCUT2D eigenvalue weighted by Gasteiger charge is 2.71. The van der Waals surface area contributed by atoms with Gasteiger partial charge in [-0.25, -0.2) is 0 Å². The maximum atomic E-state index is 6.30. The first-order chi connectivity index (χ1) is 11.3. The summed E-state index contributed by atoms with van der Waals surface area (Å²) in [6, 6.07) is 7.14. The Labute approximate surface area is 145 Å². The molecule has 1 spiro atoms. The van der Waals surface area contributed by atoms with Crippen molar-refractivity contribution < 1.29 is 9.31 Å². The molecule has 24 heavy (non-hydrogen) atoms. The minimum Gasteiger partial charge on any atom is -0.399 e. The van der Waals surface area contributed by atoms with Gasteiger partial charge in [0.05, 0.1) is 11.2 Å². The summed E-state index contributed by atoms with van der Waals surface area (Å²) in [5.74, 6) is 3.76. The average Bonchev–Trinajstić information content (AvgIpc) is 3.08. The Morgan fingerprint density at radius 1 is 0.958 bits per heavy atom. The predicted octanol–water partition coefficient (Wildman–Crippen LogP) is 3.99. The second-order valence-electron chi connectivity index (χ2n) is 10.2. The molecule has 6 rings (SSSR count). The number of rotatable bonds is 1. The third-order valence-electron chi connectivity index (χ3n) is 8.64. The molecule has 5 unspecified atom stereocenters. The fourth-order valence-corrected chi connectivity index (χ4v) is 6.56. The van der Waals surface area contributed by atoms with Gasteiger partial charge < -0.3 is 9.31 Å². The quantitative estimate of drug-likeness (QED) is 0.728. The van der Waals surface area contributed by atoms with E-state index >= 15 is 0 Å². The third-order valence-corrected chi connectivity index (χ3v) is 8.64. The van der Waals surface area contributed by atoms with E-state index in [4.69, 9.17) is 9.31 Å². The Morgan fingerprint density at radius 2 is 1.71 bits per heavy atom. The molecule has 1 aliphatic heterocycles. The summed E-state index contributed by atoms with van der Waals surface area (Å²) < 4.78 is 12.6. The van der Waals surface area contributed by atoms with Crippen LogP contribution < -0.4 is 5.46 Å². The Balaban J connectivity index is 1.40. The molecule has 0 N–H and O–H groups in total. The smallest absolute Gasteiger partial charge is 0.399 e. The molecule has 2 nitrogen and oxygen atoms in total. The van der Waals surface area contributed by atoms with Gasteiger partial charge in [0.15, 0.2) is 0 Å². The first-order valence-electron chi connectivity index (χ1n) is 9.80. The monoisotopic (exact) mass is 322 g/mol. The molecule has 0 aromatic heterocycles. The summed E-state index contributed by atoms with van der Waals surface area (Å²) in [5.41, 5.74) is 4.72. The zero-order valence-electron chi connectivity index (χ0n) is 15.3. The van der Waals surface area contributed by atoms with E-state index in [0.717, 1.165) is 23.7 Å². The summed E-state index contributed by atoms with van der Waals surface area (Å²) >= 11 is 0. The van der Waals surface area contributed by atoms with Crippen LogP contribution in [0.3, 0.4) is 0 Å². The van der Waals surface area contributed by atoms with Crippen LogP contribution >= 0.6 is 0 Å². The molecule has 4 fully saturated rings. The Hall–Kier alpha value is -0.795. The molecular formula is C21H27BO2. The maximum Gasteiger partial charge on any atom is 0.494 e. The summed E-state index contributed by atoms with van der Waals surface area (Å²) in [5, 5.41) is 0. The van der Waals surface area contributed by atoms with E-state index < -0.39 is 0 Å². The molecular weight excluding hydrogens is 295 g/mol.